The van der Waals surface area contributed by atoms with E-state index < -0.39 is 23.4 Å². The SMILES string of the molecule is CCO[C@@]1(c2ccccc2C)c2ccccc2[C@@](C)(OCC)[C@@H](O)[C@H]1O. The lowest BCUT2D eigenvalue weighted by molar-refractivity contribution is -0.219. The number of fused-ring (bicyclic) bond motifs is 1. The van der Waals surface area contributed by atoms with Crippen LogP contribution in [0.3, 0.4) is 0 Å². The Kier molecular flexibility index (Phi) is 5.22. The first-order valence-electron chi connectivity index (χ1n) is 9.23. The van der Waals surface area contributed by atoms with E-state index in [0.29, 0.717) is 13.2 Å². The fraction of sp³-hybridized carbons (Fsp3) is 0.455. The molecule has 0 amide bonds. The predicted octanol–water partition coefficient (Wildman–Crippen LogP) is 3.26. The van der Waals surface area contributed by atoms with Crippen molar-refractivity contribution in [3.8, 4) is 0 Å². The van der Waals surface area contributed by atoms with Gasteiger partial charge < -0.3 is 19.7 Å². The topological polar surface area (TPSA) is 58.9 Å². The van der Waals surface area contributed by atoms with Gasteiger partial charge in [0, 0.05) is 13.2 Å². The van der Waals surface area contributed by atoms with Crippen molar-refractivity contribution in [3.05, 3.63) is 70.8 Å². The quantitative estimate of drug-likeness (QED) is 0.863. The van der Waals surface area contributed by atoms with Gasteiger partial charge in [0.2, 0.25) is 0 Å². The van der Waals surface area contributed by atoms with Crippen molar-refractivity contribution in [2.24, 2.45) is 0 Å². The molecular weight excluding hydrogens is 328 g/mol. The first-order chi connectivity index (χ1) is 12.4. The monoisotopic (exact) mass is 356 g/mol. The molecule has 1 aliphatic carbocycles. The molecule has 4 nitrogen and oxygen atoms in total. The van der Waals surface area contributed by atoms with Crippen LogP contribution >= 0.6 is 0 Å². The van der Waals surface area contributed by atoms with Gasteiger partial charge in [-0.1, -0.05) is 48.5 Å². The molecule has 26 heavy (non-hydrogen) atoms. The summed E-state index contributed by atoms with van der Waals surface area (Å²) in [5.74, 6) is 0. The van der Waals surface area contributed by atoms with Gasteiger partial charge in [0.25, 0.3) is 0 Å². The molecule has 0 aromatic heterocycles. The van der Waals surface area contributed by atoms with Crippen molar-refractivity contribution in [2.45, 2.75) is 51.1 Å². The Balaban J connectivity index is 2.36. The third-order valence-electron chi connectivity index (χ3n) is 5.50. The zero-order valence-electron chi connectivity index (χ0n) is 15.9. The molecule has 0 saturated carbocycles. The minimum atomic E-state index is -1.17. The number of benzene rings is 2. The van der Waals surface area contributed by atoms with Crippen LogP contribution in [0.2, 0.25) is 0 Å². The summed E-state index contributed by atoms with van der Waals surface area (Å²) < 4.78 is 12.2. The van der Waals surface area contributed by atoms with E-state index in [9.17, 15) is 10.2 Å². The third-order valence-corrected chi connectivity index (χ3v) is 5.50. The number of aliphatic hydroxyl groups is 2. The molecule has 2 aromatic carbocycles. The van der Waals surface area contributed by atoms with Crippen LogP contribution in [0.15, 0.2) is 48.5 Å². The minimum absolute atomic E-state index is 0.401. The molecule has 4 heteroatoms. The van der Waals surface area contributed by atoms with E-state index in [4.69, 9.17) is 9.47 Å². The standard InChI is InChI=1S/C22H28O4/c1-5-25-21(4)17-13-9-10-14-18(17)22(26-6-2,20(24)19(21)23)16-12-8-7-11-15(16)3/h7-14,19-20,23-24H,5-6H2,1-4H3/t19-,20+,21+,22-/m0/s1. The largest absolute Gasteiger partial charge is 0.387 e. The van der Waals surface area contributed by atoms with Crippen molar-refractivity contribution >= 4 is 0 Å². The molecule has 3 rings (SSSR count). The van der Waals surface area contributed by atoms with Crippen molar-refractivity contribution in [2.75, 3.05) is 13.2 Å². The Hall–Kier alpha value is -1.72. The van der Waals surface area contributed by atoms with Gasteiger partial charge in [-0.25, -0.2) is 0 Å². The van der Waals surface area contributed by atoms with Crippen LogP contribution in [0.1, 0.15) is 43.0 Å². The maximum absolute atomic E-state index is 11.4. The van der Waals surface area contributed by atoms with E-state index in [1.807, 2.05) is 76.2 Å². The second kappa shape index (κ2) is 7.12. The molecule has 0 fully saturated rings. The van der Waals surface area contributed by atoms with Gasteiger partial charge in [0.15, 0.2) is 0 Å². The Morgan fingerprint density at radius 1 is 0.808 bits per heavy atom. The fourth-order valence-electron chi connectivity index (χ4n) is 4.31. The lowest BCUT2D eigenvalue weighted by atomic mass is 9.65. The number of hydrogen-bond donors (Lipinski definition) is 2. The van der Waals surface area contributed by atoms with Gasteiger partial charge in [-0.3, -0.25) is 0 Å². The summed E-state index contributed by atoms with van der Waals surface area (Å²) in [6.45, 7) is 8.44. The van der Waals surface area contributed by atoms with Crippen LogP contribution in [0.25, 0.3) is 0 Å². The molecule has 0 bridgehead atoms. The normalized spacial score (nSPS) is 30.8. The van der Waals surface area contributed by atoms with E-state index in [2.05, 4.69) is 0 Å². The zero-order chi connectivity index (χ0) is 18.9. The molecule has 0 unspecified atom stereocenters. The number of aliphatic hydroxyl groups excluding tert-OH is 2. The van der Waals surface area contributed by atoms with Crippen LogP contribution in [0.4, 0.5) is 0 Å². The highest BCUT2D eigenvalue weighted by Gasteiger charge is 2.58. The van der Waals surface area contributed by atoms with Crippen LogP contribution in [-0.2, 0) is 20.7 Å². The minimum Gasteiger partial charge on any atom is -0.387 e. The summed E-state index contributed by atoms with van der Waals surface area (Å²) in [6, 6.07) is 15.6. The molecule has 1 aliphatic rings. The Labute approximate surface area is 155 Å². The van der Waals surface area contributed by atoms with Crippen LogP contribution in [-0.4, -0.2) is 35.6 Å². The van der Waals surface area contributed by atoms with Crippen molar-refractivity contribution in [1.82, 2.24) is 0 Å². The summed E-state index contributed by atoms with van der Waals surface area (Å²) in [5.41, 5.74) is 1.39. The lowest BCUT2D eigenvalue weighted by Gasteiger charge is -2.52. The summed E-state index contributed by atoms with van der Waals surface area (Å²) in [5, 5.41) is 22.5. The predicted molar refractivity (Wildman–Crippen MR) is 101 cm³/mol. The highest BCUT2D eigenvalue weighted by atomic mass is 16.5. The third kappa shape index (κ3) is 2.60. The van der Waals surface area contributed by atoms with Crippen LogP contribution < -0.4 is 0 Å². The van der Waals surface area contributed by atoms with E-state index in [1.54, 1.807) is 0 Å². The molecule has 140 valence electrons. The Morgan fingerprint density at radius 3 is 1.92 bits per heavy atom. The summed E-state index contributed by atoms with van der Waals surface area (Å²) >= 11 is 0. The molecule has 2 aromatic rings. The number of hydrogen-bond acceptors (Lipinski definition) is 4. The van der Waals surface area contributed by atoms with Gasteiger partial charge in [-0.05, 0) is 49.9 Å². The summed E-state index contributed by atoms with van der Waals surface area (Å²) in [7, 11) is 0. The highest BCUT2D eigenvalue weighted by molar-refractivity contribution is 5.51. The van der Waals surface area contributed by atoms with Crippen LogP contribution in [0, 0.1) is 6.92 Å². The van der Waals surface area contributed by atoms with Crippen LogP contribution in [0.5, 0.6) is 0 Å². The zero-order valence-corrected chi connectivity index (χ0v) is 15.9. The number of ether oxygens (including phenoxy) is 2. The number of rotatable bonds is 5. The molecule has 2 N–H and O–H groups in total. The number of aryl methyl sites for hydroxylation is 1. The maximum Gasteiger partial charge on any atom is 0.147 e. The first kappa shape index (κ1) is 19.1. The molecular formula is C22H28O4. The fourth-order valence-corrected chi connectivity index (χ4v) is 4.31. The lowest BCUT2D eigenvalue weighted by Crippen LogP contribution is -2.62. The Morgan fingerprint density at radius 2 is 1.35 bits per heavy atom. The molecule has 4 atom stereocenters. The maximum atomic E-state index is 11.4. The average molecular weight is 356 g/mol. The van der Waals surface area contributed by atoms with E-state index in [0.717, 1.165) is 22.3 Å². The second-order valence-electron chi connectivity index (χ2n) is 6.96. The van der Waals surface area contributed by atoms with E-state index in [-0.39, 0.29) is 0 Å². The van der Waals surface area contributed by atoms with Gasteiger partial charge >= 0.3 is 0 Å². The van der Waals surface area contributed by atoms with Gasteiger partial charge in [-0.15, -0.1) is 0 Å². The molecule has 0 heterocycles. The summed E-state index contributed by atoms with van der Waals surface area (Å²) in [6.07, 6.45) is -2.31. The van der Waals surface area contributed by atoms with E-state index in [1.165, 1.54) is 0 Å². The van der Waals surface area contributed by atoms with Gasteiger partial charge in [0.05, 0.1) is 0 Å². The molecule has 0 spiro atoms. The van der Waals surface area contributed by atoms with Crippen molar-refractivity contribution in [1.29, 1.82) is 0 Å². The molecule has 0 aliphatic heterocycles. The summed E-state index contributed by atoms with van der Waals surface area (Å²) in [4.78, 5) is 0. The van der Waals surface area contributed by atoms with Gasteiger partial charge in [0.1, 0.15) is 23.4 Å². The van der Waals surface area contributed by atoms with E-state index >= 15 is 0 Å². The first-order valence-corrected chi connectivity index (χ1v) is 9.23. The average Bonchev–Trinajstić information content (AvgIpc) is 2.65. The second-order valence-corrected chi connectivity index (χ2v) is 6.96. The van der Waals surface area contributed by atoms with Crippen molar-refractivity contribution in [3.63, 3.8) is 0 Å². The highest BCUT2D eigenvalue weighted by Crippen LogP contribution is 2.51. The Bertz CT molecular complexity index is 774. The molecule has 0 radical (unpaired) electrons. The van der Waals surface area contributed by atoms with Gasteiger partial charge in [-0.2, -0.15) is 0 Å². The smallest absolute Gasteiger partial charge is 0.147 e. The molecule has 0 saturated heterocycles. The van der Waals surface area contributed by atoms with Crippen molar-refractivity contribution < 1.29 is 19.7 Å².